The summed E-state index contributed by atoms with van der Waals surface area (Å²) in [5, 5.41) is 11.3. The molecule has 1 aliphatic heterocycles. The third-order valence-corrected chi connectivity index (χ3v) is 5.71. The largest absolute Gasteiger partial charge is 0.497 e. The highest BCUT2D eigenvalue weighted by Gasteiger charge is 2.18. The van der Waals surface area contributed by atoms with Crippen LogP contribution in [0, 0.1) is 6.92 Å². The number of anilines is 2. The molecule has 2 aromatic carbocycles. The highest BCUT2D eigenvalue weighted by atomic mass is 32.1. The van der Waals surface area contributed by atoms with Crippen molar-refractivity contribution >= 4 is 34.0 Å². The monoisotopic (exact) mass is 446 g/mol. The summed E-state index contributed by atoms with van der Waals surface area (Å²) in [6.07, 6.45) is 7.02. The molecule has 4 rings (SSSR count). The van der Waals surface area contributed by atoms with E-state index in [-0.39, 0.29) is 17.9 Å². The summed E-state index contributed by atoms with van der Waals surface area (Å²) in [6, 6.07) is 12.5. The Labute approximate surface area is 189 Å². The number of dihydropyridines is 1. The topological polar surface area (TPSA) is 92.4 Å². The van der Waals surface area contributed by atoms with Gasteiger partial charge in [0.15, 0.2) is 5.13 Å². The van der Waals surface area contributed by atoms with Crippen molar-refractivity contribution in [3.8, 4) is 5.75 Å². The number of amides is 2. The molecular formula is C24H22N4O3S. The highest BCUT2D eigenvalue weighted by Crippen LogP contribution is 2.25. The third-order valence-electron chi connectivity index (χ3n) is 5.03. The van der Waals surface area contributed by atoms with Crippen molar-refractivity contribution in [1.29, 1.82) is 0 Å². The number of methoxy groups -OCH3 is 1. The molecule has 7 nitrogen and oxygen atoms in total. The molecule has 8 heteroatoms. The molecule has 0 saturated heterocycles. The van der Waals surface area contributed by atoms with Gasteiger partial charge in [0.1, 0.15) is 5.75 Å². The summed E-state index contributed by atoms with van der Waals surface area (Å²) < 4.78 is 5.13. The van der Waals surface area contributed by atoms with Crippen LogP contribution < -0.4 is 20.7 Å². The molecule has 2 heterocycles. The Bertz CT molecular complexity index is 1180. The van der Waals surface area contributed by atoms with E-state index in [1.807, 2.05) is 30.5 Å². The van der Waals surface area contributed by atoms with Crippen LogP contribution in [0.1, 0.15) is 27.5 Å². The summed E-state index contributed by atoms with van der Waals surface area (Å²) >= 11 is 1.37. The molecule has 162 valence electrons. The van der Waals surface area contributed by atoms with Crippen LogP contribution in [-0.4, -0.2) is 23.9 Å². The number of benzene rings is 2. The molecule has 0 saturated carbocycles. The maximum absolute atomic E-state index is 12.6. The minimum atomic E-state index is -0.217. The van der Waals surface area contributed by atoms with Crippen molar-refractivity contribution in [2.24, 2.45) is 0 Å². The lowest BCUT2D eigenvalue weighted by molar-refractivity contribution is -0.112. The van der Waals surface area contributed by atoms with Crippen LogP contribution in [-0.2, 0) is 4.79 Å². The molecule has 2 amide bonds. The Morgan fingerprint density at radius 3 is 2.56 bits per heavy atom. The van der Waals surface area contributed by atoms with Gasteiger partial charge in [-0.2, -0.15) is 0 Å². The molecule has 1 atom stereocenters. The highest BCUT2D eigenvalue weighted by molar-refractivity contribution is 7.13. The van der Waals surface area contributed by atoms with Crippen LogP contribution in [0.2, 0.25) is 0 Å². The van der Waals surface area contributed by atoms with Gasteiger partial charge in [-0.05, 0) is 60.5 Å². The number of carbonyl (C=O) groups is 2. The second-order valence-corrected chi connectivity index (χ2v) is 8.04. The van der Waals surface area contributed by atoms with E-state index in [4.69, 9.17) is 4.74 Å². The first-order chi connectivity index (χ1) is 15.5. The lowest BCUT2D eigenvalue weighted by Gasteiger charge is -2.21. The number of rotatable bonds is 6. The van der Waals surface area contributed by atoms with Crippen LogP contribution in [0.3, 0.4) is 0 Å². The first kappa shape index (κ1) is 21.3. The van der Waals surface area contributed by atoms with Crippen molar-refractivity contribution in [3.05, 3.63) is 94.7 Å². The van der Waals surface area contributed by atoms with Crippen LogP contribution >= 0.6 is 11.3 Å². The summed E-state index contributed by atoms with van der Waals surface area (Å²) in [5.41, 5.74) is 3.73. The Balaban J connectivity index is 1.43. The second kappa shape index (κ2) is 9.49. The van der Waals surface area contributed by atoms with E-state index in [9.17, 15) is 9.59 Å². The van der Waals surface area contributed by atoms with Crippen molar-refractivity contribution in [3.63, 3.8) is 0 Å². The van der Waals surface area contributed by atoms with E-state index in [0.717, 1.165) is 16.9 Å². The quantitative estimate of drug-likeness (QED) is 0.521. The van der Waals surface area contributed by atoms with Crippen molar-refractivity contribution in [1.82, 2.24) is 10.3 Å². The Morgan fingerprint density at radius 1 is 1.09 bits per heavy atom. The zero-order chi connectivity index (χ0) is 22.5. The fourth-order valence-corrected chi connectivity index (χ4v) is 3.79. The molecule has 1 aliphatic rings. The normalized spacial score (nSPS) is 14.8. The molecule has 3 aromatic rings. The first-order valence-corrected chi connectivity index (χ1v) is 10.8. The van der Waals surface area contributed by atoms with Gasteiger partial charge in [-0.3, -0.25) is 14.9 Å². The standard InChI is InChI=1S/C24H22N4O3S/c1-15-3-4-16(22(29)28-24-25-11-12-32-24)13-20(15)21-10-5-17(14-26-21)23(30)27-18-6-8-19(31-2)9-7-18/h3-14,21,26H,1-2H3,(H,27,30)(H,25,28,29). The average molecular weight is 447 g/mol. The van der Waals surface area contributed by atoms with Crippen LogP contribution in [0.4, 0.5) is 10.8 Å². The molecule has 0 aliphatic carbocycles. The molecular weight excluding hydrogens is 424 g/mol. The Kier molecular flexibility index (Phi) is 6.32. The smallest absolute Gasteiger partial charge is 0.257 e. The van der Waals surface area contributed by atoms with Gasteiger partial charge in [0.2, 0.25) is 0 Å². The molecule has 1 aromatic heterocycles. The number of aryl methyl sites for hydroxylation is 1. The van der Waals surface area contributed by atoms with E-state index in [0.29, 0.717) is 22.0 Å². The lowest BCUT2D eigenvalue weighted by Crippen LogP contribution is -2.23. The van der Waals surface area contributed by atoms with Gasteiger partial charge in [0.25, 0.3) is 11.8 Å². The average Bonchev–Trinajstić information content (AvgIpc) is 3.33. The number of aromatic nitrogens is 1. The van der Waals surface area contributed by atoms with E-state index in [2.05, 4.69) is 20.9 Å². The minimum Gasteiger partial charge on any atom is -0.497 e. The number of nitrogens with one attached hydrogen (secondary N) is 3. The second-order valence-electron chi connectivity index (χ2n) is 7.15. The molecule has 1 unspecified atom stereocenters. The van der Waals surface area contributed by atoms with E-state index in [1.54, 1.807) is 55.9 Å². The number of thiazole rings is 1. The van der Waals surface area contributed by atoms with Gasteiger partial charge >= 0.3 is 0 Å². The fourth-order valence-electron chi connectivity index (χ4n) is 3.27. The number of hydrogen-bond acceptors (Lipinski definition) is 6. The van der Waals surface area contributed by atoms with Gasteiger partial charge in [-0.25, -0.2) is 4.98 Å². The number of ether oxygens (including phenoxy) is 1. The summed E-state index contributed by atoms with van der Waals surface area (Å²) in [7, 11) is 1.60. The van der Waals surface area contributed by atoms with Crippen molar-refractivity contribution in [2.75, 3.05) is 17.7 Å². The molecule has 0 radical (unpaired) electrons. The molecule has 32 heavy (non-hydrogen) atoms. The van der Waals surface area contributed by atoms with E-state index < -0.39 is 0 Å². The zero-order valence-corrected chi connectivity index (χ0v) is 18.4. The van der Waals surface area contributed by atoms with Gasteiger partial charge in [-0.15, -0.1) is 11.3 Å². The predicted molar refractivity (Wildman–Crippen MR) is 126 cm³/mol. The number of hydrogen-bond donors (Lipinski definition) is 3. The molecule has 0 bridgehead atoms. The van der Waals surface area contributed by atoms with E-state index >= 15 is 0 Å². The summed E-state index contributed by atoms with van der Waals surface area (Å²) in [4.78, 5) is 29.2. The first-order valence-electron chi connectivity index (χ1n) is 9.95. The van der Waals surface area contributed by atoms with Crippen LogP contribution in [0.5, 0.6) is 5.75 Å². The fraction of sp³-hybridized carbons (Fsp3) is 0.125. The van der Waals surface area contributed by atoms with Crippen LogP contribution in [0.25, 0.3) is 0 Å². The lowest BCUT2D eigenvalue weighted by atomic mass is 9.96. The SMILES string of the molecule is COc1ccc(NC(=O)C2=CNC(c3cc(C(=O)Nc4nccs4)ccc3C)C=C2)cc1. The summed E-state index contributed by atoms with van der Waals surface area (Å²) in [5.74, 6) is 0.295. The predicted octanol–water partition coefficient (Wildman–Crippen LogP) is 4.44. The van der Waals surface area contributed by atoms with Gasteiger partial charge in [0.05, 0.1) is 18.7 Å². The van der Waals surface area contributed by atoms with Crippen molar-refractivity contribution in [2.45, 2.75) is 13.0 Å². The van der Waals surface area contributed by atoms with E-state index in [1.165, 1.54) is 11.3 Å². The summed E-state index contributed by atoms with van der Waals surface area (Å²) in [6.45, 7) is 1.99. The van der Waals surface area contributed by atoms with Gasteiger partial charge in [-0.1, -0.05) is 12.1 Å². The number of carbonyl (C=O) groups excluding carboxylic acids is 2. The molecule has 0 fully saturated rings. The molecule has 0 spiro atoms. The molecule has 3 N–H and O–H groups in total. The van der Waals surface area contributed by atoms with Gasteiger partial charge in [0, 0.05) is 29.0 Å². The third kappa shape index (κ3) is 4.87. The minimum absolute atomic E-state index is 0.153. The maximum Gasteiger partial charge on any atom is 0.257 e. The number of nitrogens with zero attached hydrogens (tertiary/aromatic N) is 1. The maximum atomic E-state index is 12.6. The van der Waals surface area contributed by atoms with Crippen molar-refractivity contribution < 1.29 is 14.3 Å². The zero-order valence-electron chi connectivity index (χ0n) is 17.6. The Hall–Kier alpha value is -3.91. The Morgan fingerprint density at radius 2 is 1.91 bits per heavy atom. The van der Waals surface area contributed by atoms with Crippen LogP contribution in [0.15, 0.2) is 78.0 Å². The van der Waals surface area contributed by atoms with Gasteiger partial charge < -0.3 is 15.4 Å².